The molecule has 0 saturated carbocycles. The number of nitrogen functional groups attached to an aromatic ring is 1. The van der Waals surface area contributed by atoms with E-state index in [0.717, 1.165) is 24.1 Å². The number of hydrogen-bond donors (Lipinski definition) is 2. The Hall–Kier alpha value is -1.09. The molecule has 3 nitrogen and oxygen atoms in total. The molecule has 1 aromatic heterocycles. The van der Waals surface area contributed by atoms with E-state index in [1.807, 2.05) is 0 Å². The second-order valence-corrected chi connectivity index (χ2v) is 2.96. The third-order valence-corrected chi connectivity index (χ3v) is 1.77. The van der Waals surface area contributed by atoms with E-state index in [4.69, 9.17) is 10.8 Å². The molecule has 1 atom stereocenters. The third-order valence-electron chi connectivity index (χ3n) is 1.77. The van der Waals surface area contributed by atoms with E-state index >= 15 is 0 Å². The number of nitrogens with zero attached hydrogens (tertiary/aromatic N) is 1. The number of rotatable bonds is 3. The number of aliphatic hydroxyl groups excluding tert-OH is 1. The van der Waals surface area contributed by atoms with Gasteiger partial charge in [0.05, 0.1) is 6.10 Å². The van der Waals surface area contributed by atoms with Crippen LogP contribution in [0, 0.1) is 0 Å². The van der Waals surface area contributed by atoms with E-state index in [9.17, 15) is 0 Å². The molecule has 12 heavy (non-hydrogen) atoms. The van der Waals surface area contributed by atoms with Gasteiger partial charge in [0.2, 0.25) is 0 Å². The molecule has 66 valence electrons. The van der Waals surface area contributed by atoms with Crippen molar-refractivity contribution in [3.8, 4) is 0 Å². The fourth-order valence-electron chi connectivity index (χ4n) is 1.01. The molecule has 0 aliphatic heterocycles. The minimum Gasteiger partial charge on any atom is -0.398 e. The van der Waals surface area contributed by atoms with Crippen LogP contribution in [0.2, 0.25) is 0 Å². The average molecular weight is 166 g/mol. The Morgan fingerprint density at radius 1 is 1.67 bits per heavy atom. The molecular formula is C9H14N2O. The second-order valence-electron chi connectivity index (χ2n) is 2.96. The standard InChI is InChI=1S/C9H14N2O/c1-7(12)2-3-8-6-11-5-4-9(8)10/h4-7,12H,2-3H2,1H3,(H2,10,11). The molecule has 0 radical (unpaired) electrons. The van der Waals surface area contributed by atoms with Gasteiger partial charge in [0, 0.05) is 18.1 Å². The van der Waals surface area contributed by atoms with Gasteiger partial charge in [-0.3, -0.25) is 4.98 Å². The van der Waals surface area contributed by atoms with Gasteiger partial charge in [0.15, 0.2) is 0 Å². The Balaban J connectivity index is 2.57. The number of aryl methyl sites for hydroxylation is 1. The number of pyridine rings is 1. The van der Waals surface area contributed by atoms with Crippen LogP contribution in [0.25, 0.3) is 0 Å². The molecular weight excluding hydrogens is 152 g/mol. The Kier molecular flexibility index (Phi) is 3.05. The van der Waals surface area contributed by atoms with Crippen molar-refractivity contribution >= 4 is 5.69 Å². The molecule has 0 bridgehead atoms. The van der Waals surface area contributed by atoms with Crippen molar-refractivity contribution in [3.05, 3.63) is 24.0 Å². The highest BCUT2D eigenvalue weighted by Gasteiger charge is 2.00. The van der Waals surface area contributed by atoms with E-state index in [1.165, 1.54) is 0 Å². The van der Waals surface area contributed by atoms with Gasteiger partial charge in [-0.05, 0) is 31.4 Å². The van der Waals surface area contributed by atoms with Crippen LogP contribution in [0.15, 0.2) is 18.5 Å². The number of aliphatic hydroxyl groups is 1. The maximum atomic E-state index is 9.04. The molecule has 3 heteroatoms. The summed E-state index contributed by atoms with van der Waals surface area (Å²) in [6.07, 6.45) is 4.66. The van der Waals surface area contributed by atoms with Crippen molar-refractivity contribution in [2.24, 2.45) is 0 Å². The summed E-state index contributed by atoms with van der Waals surface area (Å²) in [6.45, 7) is 1.77. The predicted molar refractivity (Wildman–Crippen MR) is 48.7 cm³/mol. The monoisotopic (exact) mass is 166 g/mol. The summed E-state index contributed by atoms with van der Waals surface area (Å²) >= 11 is 0. The van der Waals surface area contributed by atoms with Gasteiger partial charge in [0.25, 0.3) is 0 Å². The van der Waals surface area contributed by atoms with Crippen molar-refractivity contribution in [1.82, 2.24) is 4.98 Å². The summed E-state index contributed by atoms with van der Waals surface area (Å²) in [5.41, 5.74) is 7.45. The summed E-state index contributed by atoms with van der Waals surface area (Å²) in [5, 5.41) is 9.04. The smallest absolute Gasteiger partial charge is 0.0515 e. The first-order valence-corrected chi connectivity index (χ1v) is 4.06. The largest absolute Gasteiger partial charge is 0.398 e. The minimum atomic E-state index is -0.274. The summed E-state index contributed by atoms with van der Waals surface area (Å²) in [7, 11) is 0. The zero-order valence-electron chi connectivity index (χ0n) is 7.20. The molecule has 1 unspecified atom stereocenters. The number of aromatic nitrogens is 1. The lowest BCUT2D eigenvalue weighted by molar-refractivity contribution is 0.185. The molecule has 0 aliphatic rings. The lowest BCUT2D eigenvalue weighted by Crippen LogP contribution is -2.03. The van der Waals surface area contributed by atoms with Gasteiger partial charge >= 0.3 is 0 Å². The maximum absolute atomic E-state index is 9.04. The van der Waals surface area contributed by atoms with Crippen LogP contribution in [-0.2, 0) is 6.42 Å². The lowest BCUT2D eigenvalue weighted by atomic mass is 10.1. The normalized spacial score (nSPS) is 12.8. The zero-order chi connectivity index (χ0) is 8.97. The summed E-state index contributed by atoms with van der Waals surface area (Å²) in [4.78, 5) is 3.96. The van der Waals surface area contributed by atoms with E-state index < -0.39 is 0 Å². The van der Waals surface area contributed by atoms with Crippen molar-refractivity contribution in [3.63, 3.8) is 0 Å². The van der Waals surface area contributed by atoms with Gasteiger partial charge in [-0.1, -0.05) is 0 Å². The van der Waals surface area contributed by atoms with Crippen molar-refractivity contribution in [1.29, 1.82) is 0 Å². The van der Waals surface area contributed by atoms with Gasteiger partial charge in [-0.15, -0.1) is 0 Å². The van der Waals surface area contributed by atoms with Gasteiger partial charge in [0.1, 0.15) is 0 Å². The van der Waals surface area contributed by atoms with E-state index in [2.05, 4.69) is 4.98 Å². The SMILES string of the molecule is CC(O)CCc1cnccc1N. The summed E-state index contributed by atoms with van der Waals surface area (Å²) < 4.78 is 0. The number of anilines is 1. The lowest BCUT2D eigenvalue weighted by Gasteiger charge is -2.05. The van der Waals surface area contributed by atoms with Crippen LogP contribution >= 0.6 is 0 Å². The van der Waals surface area contributed by atoms with Crippen molar-refractivity contribution in [2.75, 3.05) is 5.73 Å². The number of hydrogen-bond acceptors (Lipinski definition) is 3. The highest BCUT2D eigenvalue weighted by molar-refractivity contribution is 5.44. The van der Waals surface area contributed by atoms with E-state index in [1.54, 1.807) is 25.4 Å². The number of nitrogens with two attached hydrogens (primary N) is 1. The third kappa shape index (κ3) is 2.51. The molecule has 3 N–H and O–H groups in total. The van der Waals surface area contributed by atoms with E-state index in [-0.39, 0.29) is 6.10 Å². The highest BCUT2D eigenvalue weighted by atomic mass is 16.3. The molecule has 0 amide bonds. The van der Waals surface area contributed by atoms with E-state index in [0.29, 0.717) is 0 Å². The predicted octanol–water partition coefficient (Wildman–Crippen LogP) is 0.977. The molecule has 1 heterocycles. The molecule has 0 aromatic carbocycles. The quantitative estimate of drug-likeness (QED) is 0.703. The Morgan fingerprint density at radius 2 is 2.42 bits per heavy atom. The highest BCUT2D eigenvalue weighted by Crippen LogP contribution is 2.11. The molecule has 1 rings (SSSR count). The minimum absolute atomic E-state index is 0.274. The van der Waals surface area contributed by atoms with Crippen LogP contribution < -0.4 is 5.73 Å². The van der Waals surface area contributed by atoms with Crippen molar-refractivity contribution in [2.45, 2.75) is 25.9 Å². The van der Waals surface area contributed by atoms with Gasteiger partial charge in [-0.25, -0.2) is 0 Å². The second kappa shape index (κ2) is 4.07. The first-order valence-electron chi connectivity index (χ1n) is 4.06. The topological polar surface area (TPSA) is 59.1 Å². The van der Waals surface area contributed by atoms with Gasteiger partial charge < -0.3 is 10.8 Å². The first kappa shape index (κ1) is 9.00. The van der Waals surface area contributed by atoms with Crippen LogP contribution in [0.4, 0.5) is 5.69 Å². The van der Waals surface area contributed by atoms with Crippen LogP contribution in [0.1, 0.15) is 18.9 Å². The van der Waals surface area contributed by atoms with Gasteiger partial charge in [-0.2, -0.15) is 0 Å². The van der Waals surface area contributed by atoms with Crippen LogP contribution in [0.3, 0.4) is 0 Å². The van der Waals surface area contributed by atoms with Crippen LogP contribution in [-0.4, -0.2) is 16.2 Å². The van der Waals surface area contributed by atoms with Crippen molar-refractivity contribution < 1.29 is 5.11 Å². The Labute approximate surface area is 72.2 Å². The first-order chi connectivity index (χ1) is 5.70. The molecule has 0 aliphatic carbocycles. The van der Waals surface area contributed by atoms with Crippen LogP contribution in [0.5, 0.6) is 0 Å². The molecule has 1 aromatic rings. The molecule has 0 spiro atoms. The summed E-state index contributed by atoms with van der Waals surface area (Å²) in [6, 6.07) is 1.78. The molecule has 0 fully saturated rings. The maximum Gasteiger partial charge on any atom is 0.0515 e. The average Bonchev–Trinajstić information content (AvgIpc) is 2.03. The Bertz CT molecular complexity index is 248. The Morgan fingerprint density at radius 3 is 3.00 bits per heavy atom. The summed E-state index contributed by atoms with van der Waals surface area (Å²) in [5.74, 6) is 0. The zero-order valence-corrected chi connectivity index (χ0v) is 7.20. The fraction of sp³-hybridized carbons (Fsp3) is 0.444. The molecule has 0 saturated heterocycles. The fourth-order valence-corrected chi connectivity index (χ4v) is 1.01.